The van der Waals surface area contributed by atoms with Gasteiger partial charge in [-0.15, -0.1) is 0 Å². The number of nitrogens with zero attached hydrogens (tertiary/aromatic N) is 3. The number of primary amides is 1. The van der Waals surface area contributed by atoms with Crippen LogP contribution in [-0.4, -0.2) is 25.9 Å². The molecule has 0 aliphatic carbocycles. The van der Waals surface area contributed by atoms with E-state index in [-0.39, 0.29) is 0 Å². The van der Waals surface area contributed by atoms with Crippen molar-refractivity contribution in [2.45, 2.75) is 6.92 Å². The van der Waals surface area contributed by atoms with Crippen LogP contribution in [0.3, 0.4) is 0 Å². The highest BCUT2D eigenvalue weighted by atomic mass is 16.1. The molecule has 0 saturated heterocycles. The van der Waals surface area contributed by atoms with Crippen molar-refractivity contribution in [1.82, 2.24) is 20.0 Å². The fraction of sp³-hybridized carbons (Fsp3) is 0.222. The zero-order valence-electron chi connectivity index (χ0n) is 8.98. The second-order valence-electron chi connectivity index (χ2n) is 3.45. The van der Waals surface area contributed by atoms with Crippen molar-refractivity contribution in [3.05, 3.63) is 23.7 Å². The van der Waals surface area contributed by atoms with Gasteiger partial charge in [-0.05, 0) is 6.92 Å². The van der Waals surface area contributed by atoms with Crippen molar-refractivity contribution < 1.29 is 4.79 Å². The van der Waals surface area contributed by atoms with E-state index in [1.165, 1.54) is 6.20 Å². The molecule has 0 aliphatic heterocycles. The fourth-order valence-corrected chi connectivity index (χ4v) is 1.43. The van der Waals surface area contributed by atoms with Gasteiger partial charge in [-0.2, -0.15) is 10.2 Å². The molecular weight excluding hydrogens is 208 g/mol. The first-order valence-corrected chi connectivity index (χ1v) is 4.68. The zero-order chi connectivity index (χ0) is 11.7. The molecule has 1 amide bonds. The molecule has 2 aromatic rings. The predicted molar refractivity (Wildman–Crippen MR) is 58.3 cm³/mol. The van der Waals surface area contributed by atoms with Crippen LogP contribution < -0.4 is 11.1 Å². The minimum atomic E-state index is -0.530. The van der Waals surface area contributed by atoms with Crippen molar-refractivity contribution >= 4 is 17.4 Å². The van der Waals surface area contributed by atoms with E-state index in [0.29, 0.717) is 11.4 Å². The van der Waals surface area contributed by atoms with E-state index in [9.17, 15) is 4.79 Å². The van der Waals surface area contributed by atoms with Crippen LogP contribution >= 0.6 is 0 Å². The second-order valence-corrected chi connectivity index (χ2v) is 3.45. The lowest BCUT2D eigenvalue weighted by Crippen LogP contribution is -2.12. The number of nitrogens with two attached hydrogens (primary N) is 1. The summed E-state index contributed by atoms with van der Waals surface area (Å²) in [6.45, 7) is 1.86. The number of aromatic nitrogens is 4. The minimum absolute atomic E-state index is 0.322. The summed E-state index contributed by atoms with van der Waals surface area (Å²) in [6, 6.07) is 0. The lowest BCUT2D eigenvalue weighted by molar-refractivity contribution is 0.100. The van der Waals surface area contributed by atoms with Crippen LogP contribution in [0, 0.1) is 6.92 Å². The van der Waals surface area contributed by atoms with Crippen molar-refractivity contribution in [3.63, 3.8) is 0 Å². The third-order valence-electron chi connectivity index (χ3n) is 2.18. The van der Waals surface area contributed by atoms with Gasteiger partial charge < -0.3 is 11.1 Å². The summed E-state index contributed by atoms with van der Waals surface area (Å²) in [4.78, 5) is 11.1. The van der Waals surface area contributed by atoms with Crippen molar-refractivity contribution in [2.24, 2.45) is 12.8 Å². The first-order chi connectivity index (χ1) is 7.58. The number of hydrogen-bond donors (Lipinski definition) is 3. The van der Waals surface area contributed by atoms with E-state index < -0.39 is 5.91 Å². The molecule has 7 heteroatoms. The van der Waals surface area contributed by atoms with Gasteiger partial charge in [0.05, 0.1) is 17.6 Å². The molecule has 16 heavy (non-hydrogen) atoms. The molecule has 0 saturated carbocycles. The Kier molecular flexibility index (Phi) is 2.35. The van der Waals surface area contributed by atoms with Crippen molar-refractivity contribution in [3.8, 4) is 0 Å². The lowest BCUT2D eigenvalue weighted by atomic mass is 10.3. The molecule has 0 spiro atoms. The SMILES string of the molecule is Cc1nn(C)cc1Nc1[nH]ncc1C(N)=O. The van der Waals surface area contributed by atoms with E-state index in [1.54, 1.807) is 10.9 Å². The van der Waals surface area contributed by atoms with E-state index >= 15 is 0 Å². The first-order valence-electron chi connectivity index (χ1n) is 4.68. The highest BCUT2D eigenvalue weighted by molar-refractivity contribution is 5.98. The number of hydrogen-bond acceptors (Lipinski definition) is 4. The second kappa shape index (κ2) is 3.69. The summed E-state index contributed by atoms with van der Waals surface area (Å²) < 4.78 is 1.68. The smallest absolute Gasteiger partial charge is 0.254 e. The van der Waals surface area contributed by atoms with Gasteiger partial charge in [0.1, 0.15) is 11.4 Å². The summed E-state index contributed by atoms with van der Waals surface area (Å²) in [5, 5.41) is 13.6. The average Bonchev–Trinajstić information content (AvgIpc) is 2.75. The fourth-order valence-electron chi connectivity index (χ4n) is 1.43. The number of anilines is 2. The maximum Gasteiger partial charge on any atom is 0.254 e. The van der Waals surface area contributed by atoms with Gasteiger partial charge >= 0.3 is 0 Å². The molecular formula is C9H12N6O. The van der Waals surface area contributed by atoms with Crippen LogP contribution in [0.15, 0.2) is 12.4 Å². The number of carbonyl (C=O) groups is 1. The summed E-state index contributed by atoms with van der Waals surface area (Å²) in [7, 11) is 1.82. The lowest BCUT2D eigenvalue weighted by Gasteiger charge is -2.02. The van der Waals surface area contributed by atoms with Gasteiger partial charge in [0.25, 0.3) is 5.91 Å². The number of rotatable bonds is 3. The highest BCUT2D eigenvalue weighted by Gasteiger charge is 2.12. The zero-order valence-corrected chi connectivity index (χ0v) is 8.98. The molecule has 0 radical (unpaired) electrons. The van der Waals surface area contributed by atoms with Gasteiger partial charge in [0.2, 0.25) is 0 Å². The Bertz CT molecular complexity index is 526. The number of aryl methyl sites for hydroxylation is 2. The Labute approximate surface area is 91.6 Å². The quantitative estimate of drug-likeness (QED) is 0.692. The van der Waals surface area contributed by atoms with Crippen molar-refractivity contribution in [1.29, 1.82) is 0 Å². The first kappa shape index (κ1) is 10.2. The van der Waals surface area contributed by atoms with Crippen LogP contribution in [0.2, 0.25) is 0 Å². The predicted octanol–water partition coefficient (Wildman–Crippen LogP) is 0.294. The number of nitrogens with one attached hydrogen (secondary N) is 2. The third-order valence-corrected chi connectivity index (χ3v) is 2.18. The van der Waals surface area contributed by atoms with Crippen LogP contribution in [0.25, 0.3) is 0 Å². The molecule has 0 aromatic carbocycles. The molecule has 7 nitrogen and oxygen atoms in total. The molecule has 4 N–H and O–H groups in total. The minimum Gasteiger partial charge on any atom is -0.365 e. The van der Waals surface area contributed by atoms with E-state index in [2.05, 4.69) is 20.6 Å². The number of amides is 1. The van der Waals surface area contributed by atoms with Crippen LogP contribution in [0.5, 0.6) is 0 Å². The van der Waals surface area contributed by atoms with Gasteiger partial charge in [0, 0.05) is 13.2 Å². The summed E-state index contributed by atoms with van der Waals surface area (Å²) in [5.41, 5.74) is 7.15. The molecule has 0 fully saturated rings. The van der Waals surface area contributed by atoms with Crippen LogP contribution in [-0.2, 0) is 7.05 Å². The Morgan fingerprint density at radius 1 is 1.62 bits per heavy atom. The molecule has 2 aromatic heterocycles. The highest BCUT2D eigenvalue weighted by Crippen LogP contribution is 2.19. The topological polar surface area (TPSA) is 102 Å². The largest absolute Gasteiger partial charge is 0.365 e. The monoisotopic (exact) mass is 220 g/mol. The molecule has 0 bridgehead atoms. The molecule has 0 aliphatic rings. The van der Waals surface area contributed by atoms with E-state index in [4.69, 9.17) is 5.73 Å². The number of carbonyl (C=O) groups excluding carboxylic acids is 1. The summed E-state index contributed by atoms with van der Waals surface area (Å²) in [6.07, 6.45) is 3.19. The van der Waals surface area contributed by atoms with Gasteiger partial charge in [-0.1, -0.05) is 0 Å². The molecule has 2 rings (SSSR count). The molecule has 0 unspecified atom stereocenters. The molecule has 0 atom stereocenters. The maximum absolute atomic E-state index is 11.1. The van der Waals surface area contributed by atoms with E-state index in [0.717, 1.165) is 11.4 Å². The molecule has 2 heterocycles. The van der Waals surface area contributed by atoms with Gasteiger partial charge in [0.15, 0.2) is 0 Å². The average molecular weight is 220 g/mol. The van der Waals surface area contributed by atoms with E-state index in [1.807, 2.05) is 14.0 Å². The Balaban J connectivity index is 2.30. The molecule has 84 valence electrons. The standard InChI is InChI=1S/C9H12N6O/c1-5-7(4-15(2)14-5)12-9-6(8(10)16)3-11-13-9/h3-4H,1-2H3,(H2,10,16)(H2,11,12,13). The summed E-state index contributed by atoms with van der Waals surface area (Å²) in [5.74, 6) is -0.0543. The number of H-pyrrole nitrogens is 1. The van der Waals surface area contributed by atoms with Gasteiger partial charge in [-0.3, -0.25) is 14.6 Å². The van der Waals surface area contributed by atoms with Crippen LogP contribution in [0.4, 0.5) is 11.5 Å². The van der Waals surface area contributed by atoms with Gasteiger partial charge in [-0.25, -0.2) is 0 Å². The Morgan fingerprint density at radius 2 is 2.38 bits per heavy atom. The normalized spacial score (nSPS) is 10.4. The Morgan fingerprint density at radius 3 is 2.94 bits per heavy atom. The maximum atomic E-state index is 11.1. The number of aromatic amines is 1. The Hall–Kier alpha value is -2.31. The van der Waals surface area contributed by atoms with Crippen molar-refractivity contribution in [2.75, 3.05) is 5.32 Å². The van der Waals surface area contributed by atoms with Crippen LogP contribution in [0.1, 0.15) is 16.1 Å². The third kappa shape index (κ3) is 1.74. The summed E-state index contributed by atoms with van der Waals surface area (Å²) >= 11 is 0.